The van der Waals surface area contributed by atoms with Gasteiger partial charge in [0.1, 0.15) is 12.4 Å². The van der Waals surface area contributed by atoms with E-state index in [4.69, 9.17) is 10.5 Å². The zero-order valence-electron chi connectivity index (χ0n) is 10.7. The molecule has 2 bridgehead atoms. The lowest BCUT2D eigenvalue weighted by Gasteiger charge is -2.28. The largest absolute Gasteiger partial charge is 0.459 e. The Kier molecular flexibility index (Phi) is 3.25. The van der Waals surface area contributed by atoms with Crippen molar-refractivity contribution in [3.8, 4) is 5.75 Å². The van der Waals surface area contributed by atoms with Gasteiger partial charge in [0.05, 0.1) is 36.8 Å². The van der Waals surface area contributed by atoms with Gasteiger partial charge in [0.2, 0.25) is 0 Å². The van der Waals surface area contributed by atoms with Crippen LogP contribution in [0, 0.1) is 0 Å². The molecule has 106 valence electrons. The minimum Gasteiger partial charge on any atom is -0.459 e. The third-order valence-corrected chi connectivity index (χ3v) is 3.43. The monoisotopic (exact) mass is 294 g/mol. The van der Waals surface area contributed by atoms with Crippen LogP contribution in [-0.2, 0) is 0 Å². The maximum Gasteiger partial charge on any atom is 0.173 e. The zero-order valence-corrected chi connectivity index (χ0v) is 11.5. The standard InChI is InChI=1S/C12H14N6O.ClH/c13-11-10-8(15-6-16-11)3-9-12(17-10)18-2-1-14-7(4-18)5-19-9;/h1,3,5,11,15-16H,2,4,6,13H2;1H. The highest BCUT2D eigenvalue weighted by Crippen LogP contribution is 2.36. The molecule has 3 aliphatic heterocycles. The van der Waals surface area contributed by atoms with E-state index in [0.29, 0.717) is 13.2 Å². The Bertz CT molecular complexity index is 602. The second-order valence-electron chi connectivity index (χ2n) is 4.70. The van der Waals surface area contributed by atoms with E-state index in [9.17, 15) is 0 Å². The molecule has 1 aromatic heterocycles. The second-order valence-corrected chi connectivity index (χ2v) is 4.70. The number of rotatable bonds is 0. The van der Waals surface area contributed by atoms with Crippen LogP contribution in [0.4, 0.5) is 11.5 Å². The highest BCUT2D eigenvalue weighted by molar-refractivity contribution is 5.85. The summed E-state index contributed by atoms with van der Waals surface area (Å²) in [4.78, 5) is 11.1. The number of hydrogen-bond acceptors (Lipinski definition) is 7. The summed E-state index contributed by atoms with van der Waals surface area (Å²) in [6.07, 6.45) is 3.30. The Morgan fingerprint density at radius 1 is 1.45 bits per heavy atom. The molecule has 1 aromatic rings. The summed E-state index contributed by atoms with van der Waals surface area (Å²) in [6.45, 7) is 2.07. The molecule has 0 fully saturated rings. The minimum absolute atomic E-state index is 0. The molecule has 0 aromatic carbocycles. The van der Waals surface area contributed by atoms with Crippen LogP contribution in [-0.4, -0.2) is 31.0 Å². The SMILES string of the molecule is Cl.NC1NCNc2cc3c(nc21)N1CC=NC(=CO3)C1. The normalized spacial score (nSPS) is 22.4. The number of nitrogens with one attached hydrogen (secondary N) is 2. The van der Waals surface area contributed by atoms with E-state index in [0.717, 1.165) is 35.2 Å². The molecule has 4 heterocycles. The molecule has 7 nitrogen and oxygen atoms in total. The molecule has 8 heteroatoms. The van der Waals surface area contributed by atoms with Crippen molar-refractivity contribution in [2.75, 3.05) is 30.0 Å². The molecule has 0 saturated carbocycles. The fourth-order valence-corrected chi connectivity index (χ4v) is 2.46. The van der Waals surface area contributed by atoms with E-state index < -0.39 is 0 Å². The molecule has 0 aliphatic carbocycles. The van der Waals surface area contributed by atoms with E-state index >= 15 is 0 Å². The predicted molar refractivity (Wildman–Crippen MR) is 79.5 cm³/mol. The Labute approximate surface area is 122 Å². The van der Waals surface area contributed by atoms with Crippen molar-refractivity contribution in [2.24, 2.45) is 10.7 Å². The summed E-state index contributed by atoms with van der Waals surface area (Å²) in [5.74, 6) is 1.55. The lowest BCUT2D eigenvalue weighted by atomic mass is 10.2. The van der Waals surface area contributed by atoms with Crippen molar-refractivity contribution in [2.45, 2.75) is 6.17 Å². The van der Waals surface area contributed by atoms with Gasteiger partial charge in [-0.15, -0.1) is 12.4 Å². The molecule has 3 aliphatic rings. The van der Waals surface area contributed by atoms with Crippen LogP contribution in [0.15, 0.2) is 23.0 Å². The molecule has 4 rings (SSSR count). The smallest absolute Gasteiger partial charge is 0.173 e. The van der Waals surface area contributed by atoms with Crippen molar-refractivity contribution >= 4 is 30.1 Å². The van der Waals surface area contributed by atoms with Crippen molar-refractivity contribution in [3.63, 3.8) is 0 Å². The van der Waals surface area contributed by atoms with Gasteiger partial charge < -0.3 is 20.7 Å². The van der Waals surface area contributed by atoms with Gasteiger partial charge in [-0.3, -0.25) is 10.3 Å². The molecule has 0 radical (unpaired) electrons. The summed E-state index contributed by atoms with van der Waals surface area (Å²) in [5.41, 5.74) is 8.67. The summed E-state index contributed by atoms with van der Waals surface area (Å²) >= 11 is 0. The first-order valence-corrected chi connectivity index (χ1v) is 6.22. The van der Waals surface area contributed by atoms with Crippen molar-refractivity contribution < 1.29 is 4.74 Å². The van der Waals surface area contributed by atoms with Crippen molar-refractivity contribution in [1.29, 1.82) is 0 Å². The molecule has 1 unspecified atom stereocenters. The third-order valence-electron chi connectivity index (χ3n) is 3.43. The van der Waals surface area contributed by atoms with Gasteiger partial charge >= 0.3 is 0 Å². The van der Waals surface area contributed by atoms with E-state index in [-0.39, 0.29) is 18.6 Å². The number of ether oxygens (including phenoxy) is 1. The number of hydrogen-bond donors (Lipinski definition) is 3. The summed E-state index contributed by atoms with van der Waals surface area (Å²) < 4.78 is 5.68. The van der Waals surface area contributed by atoms with Crippen LogP contribution in [0.5, 0.6) is 5.75 Å². The van der Waals surface area contributed by atoms with Gasteiger partial charge in [0.25, 0.3) is 0 Å². The average molecular weight is 295 g/mol. The highest BCUT2D eigenvalue weighted by Gasteiger charge is 2.26. The van der Waals surface area contributed by atoms with Crippen molar-refractivity contribution in [3.05, 3.63) is 23.7 Å². The molecule has 4 N–H and O–H groups in total. The molecular formula is C12H15ClN6O. The number of aromatic nitrogens is 1. The first-order chi connectivity index (χ1) is 9.31. The topological polar surface area (TPSA) is 87.8 Å². The van der Waals surface area contributed by atoms with Crippen LogP contribution < -0.4 is 26.0 Å². The number of anilines is 2. The Balaban J connectivity index is 0.00000121. The summed E-state index contributed by atoms with van der Waals surface area (Å²) in [7, 11) is 0. The quantitative estimate of drug-likeness (QED) is 0.648. The van der Waals surface area contributed by atoms with Gasteiger partial charge in [-0.05, 0) is 0 Å². The Morgan fingerprint density at radius 2 is 2.35 bits per heavy atom. The van der Waals surface area contributed by atoms with Crippen LogP contribution in [0.1, 0.15) is 11.9 Å². The lowest BCUT2D eigenvalue weighted by molar-refractivity contribution is 0.475. The zero-order chi connectivity index (χ0) is 12.8. The molecule has 0 spiro atoms. The number of nitrogens with two attached hydrogens (primary N) is 1. The fraction of sp³-hybridized carbons (Fsp3) is 0.333. The van der Waals surface area contributed by atoms with Gasteiger partial charge in [-0.2, -0.15) is 0 Å². The summed E-state index contributed by atoms with van der Waals surface area (Å²) in [5, 5.41) is 6.34. The fourth-order valence-electron chi connectivity index (χ4n) is 2.46. The molecule has 1 atom stereocenters. The number of aliphatic imine (C=N–C) groups is 1. The Hall–Kier alpha value is -1.83. The molecule has 0 amide bonds. The number of pyridine rings is 1. The Morgan fingerprint density at radius 3 is 3.25 bits per heavy atom. The van der Waals surface area contributed by atoms with E-state index in [1.165, 1.54) is 0 Å². The van der Waals surface area contributed by atoms with E-state index in [2.05, 4.69) is 25.5 Å². The van der Waals surface area contributed by atoms with Gasteiger partial charge in [0.15, 0.2) is 11.6 Å². The maximum absolute atomic E-state index is 6.03. The maximum atomic E-state index is 6.03. The number of halogens is 1. The number of fused-ring (bicyclic) bond motifs is 5. The van der Waals surface area contributed by atoms with Crippen LogP contribution in [0.2, 0.25) is 0 Å². The summed E-state index contributed by atoms with van der Waals surface area (Å²) in [6, 6.07) is 1.95. The average Bonchev–Trinajstić information content (AvgIpc) is 2.55. The van der Waals surface area contributed by atoms with Gasteiger partial charge in [0, 0.05) is 12.3 Å². The predicted octanol–water partition coefficient (Wildman–Crippen LogP) is 0.558. The van der Waals surface area contributed by atoms with E-state index in [1.54, 1.807) is 6.26 Å². The van der Waals surface area contributed by atoms with E-state index in [1.807, 2.05) is 12.3 Å². The third kappa shape index (κ3) is 2.00. The lowest BCUT2D eigenvalue weighted by Crippen LogP contribution is -2.39. The second kappa shape index (κ2) is 4.93. The molecule has 20 heavy (non-hydrogen) atoms. The van der Waals surface area contributed by atoms with Gasteiger partial charge in [-0.1, -0.05) is 0 Å². The van der Waals surface area contributed by atoms with Gasteiger partial charge in [-0.25, -0.2) is 4.98 Å². The highest BCUT2D eigenvalue weighted by atomic mass is 35.5. The first-order valence-electron chi connectivity index (χ1n) is 6.22. The minimum atomic E-state index is -0.254. The van der Waals surface area contributed by atoms with Crippen LogP contribution in [0.25, 0.3) is 0 Å². The van der Waals surface area contributed by atoms with Crippen LogP contribution >= 0.6 is 12.4 Å². The molecule has 0 saturated heterocycles. The first kappa shape index (κ1) is 13.2. The van der Waals surface area contributed by atoms with Crippen molar-refractivity contribution in [1.82, 2.24) is 10.3 Å². The molecular weight excluding hydrogens is 280 g/mol. The van der Waals surface area contributed by atoms with Crippen LogP contribution in [0.3, 0.4) is 0 Å². The number of nitrogens with zero attached hydrogens (tertiary/aromatic N) is 3.